The fourth-order valence-corrected chi connectivity index (χ4v) is 3.90. The Morgan fingerprint density at radius 2 is 1.80 bits per heavy atom. The monoisotopic (exact) mass is 293 g/mol. The van der Waals surface area contributed by atoms with E-state index in [0.717, 1.165) is 19.3 Å². The van der Waals surface area contributed by atoms with Gasteiger partial charge in [-0.3, -0.25) is 0 Å². The van der Waals surface area contributed by atoms with Crippen LogP contribution in [0.2, 0.25) is 18.1 Å². The molecular formula is C15H27N3OSi. The van der Waals surface area contributed by atoms with Gasteiger partial charge in [-0.1, -0.05) is 20.8 Å². The van der Waals surface area contributed by atoms with Gasteiger partial charge in [0.2, 0.25) is 5.95 Å². The third kappa shape index (κ3) is 3.38. The molecule has 2 unspecified atom stereocenters. The largest absolute Gasteiger partial charge is 0.414 e. The van der Waals surface area contributed by atoms with Gasteiger partial charge in [-0.05, 0) is 48.9 Å². The molecule has 0 aliphatic heterocycles. The molecule has 0 amide bonds. The standard InChI is InChI=1S/C15H27N3OSi/c1-15(2,3)20(4,5)19-13-7-6-11(8-13)12-9-17-14(16)18-10-12/h9-11,13H,6-8H2,1-5H3,(H2,16,17,18). The molecule has 1 aromatic heterocycles. The predicted molar refractivity (Wildman–Crippen MR) is 85.1 cm³/mol. The third-order valence-corrected chi connectivity index (χ3v) is 9.35. The molecule has 4 nitrogen and oxygen atoms in total. The molecule has 1 saturated carbocycles. The summed E-state index contributed by atoms with van der Waals surface area (Å²) in [7, 11) is -1.66. The second kappa shape index (κ2) is 5.45. The average molecular weight is 293 g/mol. The Labute approximate surface area is 123 Å². The van der Waals surface area contributed by atoms with Gasteiger partial charge in [-0.15, -0.1) is 0 Å². The zero-order chi connectivity index (χ0) is 15.0. The van der Waals surface area contributed by atoms with Gasteiger partial charge in [0.1, 0.15) is 0 Å². The second-order valence-electron chi connectivity index (χ2n) is 7.38. The SMILES string of the molecule is CC(C)(C)[Si](C)(C)OC1CCC(c2cnc(N)nc2)C1. The number of rotatable bonds is 3. The van der Waals surface area contributed by atoms with E-state index in [-0.39, 0.29) is 5.04 Å². The molecule has 112 valence electrons. The molecule has 0 aromatic carbocycles. The molecule has 0 saturated heterocycles. The maximum Gasteiger partial charge on any atom is 0.219 e. The van der Waals surface area contributed by atoms with Crippen molar-refractivity contribution in [1.82, 2.24) is 9.97 Å². The van der Waals surface area contributed by atoms with E-state index in [9.17, 15) is 0 Å². The summed E-state index contributed by atoms with van der Waals surface area (Å²) < 4.78 is 6.51. The molecule has 0 bridgehead atoms. The minimum atomic E-state index is -1.66. The molecule has 2 N–H and O–H groups in total. The number of nitrogen functional groups attached to an aromatic ring is 1. The van der Waals surface area contributed by atoms with Crippen LogP contribution in [0.5, 0.6) is 0 Å². The van der Waals surface area contributed by atoms with Crippen molar-refractivity contribution in [2.24, 2.45) is 0 Å². The van der Waals surface area contributed by atoms with Gasteiger partial charge in [0.15, 0.2) is 8.32 Å². The quantitative estimate of drug-likeness (QED) is 0.863. The van der Waals surface area contributed by atoms with E-state index in [1.54, 1.807) is 0 Å². The van der Waals surface area contributed by atoms with Crippen LogP contribution in [0.25, 0.3) is 0 Å². The first-order valence-corrected chi connectivity index (χ1v) is 10.3. The summed E-state index contributed by atoms with van der Waals surface area (Å²) >= 11 is 0. The highest BCUT2D eigenvalue weighted by atomic mass is 28.4. The van der Waals surface area contributed by atoms with Crippen molar-refractivity contribution in [3.63, 3.8) is 0 Å². The normalized spacial score (nSPS) is 24.1. The third-order valence-electron chi connectivity index (χ3n) is 4.82. The van der Waals surface area contributed by atoms with Crippen LogP contribution in [0.3, 0.4) is 0 Å². The van der Waals surface area contributed by atoms with Crippen molar-refractivity contribution in [3.8, 4) is 0 Å². The van der Waals surface area contributed by atoms with E-state index in [0.29, 0.717) is 18.0 Å². The first-order valence-electron chi connectivity index (χ1n) is 7.44. The molecule has 2 rings (SSSR count). The molecule has 5 heteroatoms. The Morgan fingerprint density at radius 1 is 1.20 bits per heavy atom. The second-order valence-corrected chi connectivity index (χ2v) is 12.1. The number of aromatic nitrogens is 2. The molecular weight excluding hydrogens is 266 g/mol. The van der Waals surface area contributed by atoms with Gasteiger partial charge in [0.25, 0.3) is 0 Å². The average Bonchev–Trinajstić information content (AvgIpc) is 2.76. The minimum absolute atomic E-state index is 0.273. The van der Waals surface area contributed by atoms with Crippen molar-refractivity contribution < 1.29 is 4.43 Å². The van der Waals surface area contributed by atoms with Crippen LogP contribution in [0, 0.1) is 0 Å². The zero-order valence-electron chi connectivity index (χ0n) is 13.3. The molecule has 2 atom stereocenters. The number of hydrogen-bond donors (Lipinski definition) is 1. The lowest BCUT2D eigenvalue weighted by Gasteiger charge is -2.38. The molecule has 1 heterocycles. The zero-order valence-corrected chi connectivity index (χ0v) is 14.3. The summed E-state index contributed by atoms with van der Waals surface area (Å²) in [4.78, 5) is 8.19. The van der Waals surface area contributed by atoms with Crippen LogP contribution < -0.4 is 5.73 Å². The van der Waals surface area contributed by atoms with Crippen molar-refractivity contribution >= 4 is 14.3 Å². The number of anilines is 1. The number of nitrogens with zero attached hydrogens (tertiary/aromatic N) is 2. The van der Waals surface area contributed by atoms with Gasteiger partial charge in [-0.2, -0.15) is 0 Å². The van der Waals surface area contributed by atoms with E-state index in [1.807, 2.05) is 12.4 Å². The van der Waals surface area contributed by atoms with E-state index in [4.69, 9.17) is 10.2 Å². The van der Waals surface area contributed by atoms with Crippen LogP contribution >= 0.6 is 0 Å². The molecule has 1 aliphatic rings. The maximum atomic E-state index is 6.51. The highest BCUT2D eigenvalue weighted by Crippen LogP contribution is 2.42. The van der Waals surface area contributed by atoms with Crippen molar-refractivity contribution in [2.75, 3.05) is 5.73 Å². The number of hydrogen-bond acceptors (Lipinski definition) is 4. The lowest BCUT2D eigenvalue weighted by atomic mass is 10.0. The van der Waals surface area contributed by atoms with Crippen LogP contribution in [0.1, 0.15) is 51.5 Å². The van der Waals surface area contributed by atoms with E-state index >= 15 is 0 Å². The minimum Gasteiger partial charge on any atom is -0.414 e. The van der Waals surface area contributed by atoms with Crippen LogP contribution in [-0.4, -0.2) is 24.4 Å². The summed E-state index contributed by atoms with van der Waals surface area (Å²) in [6.45, 7) is 11.5. The highest BCUT2D eigenvalue weighted by molar-refractivity contribution is 6.74. The fraction of sp³-hybridized carbons (Fsp3) is 0.733. The predicted octanol–water partition coefficient (Wildman–Crippen LogP) is 3.72. The van der Waals surface area contributed by atoms with Crippen molar-refractivity contribution in [1.29, 1.82) is 0 Å². The summed E-state index contributed by atoms with van der Waals surface area (Å²) in [5.41, 5.74) is 6.74. The van der Waals surface area contributed by atoms with E-state index < -0.39 is 8.32 Å². The summed E-state index contributed by atoms with van der Waals surface area (Å²) in [6.07, 6.45) is 7.50. The van der Waals surface area contributed by atoms with Gasteiger partial charge in [0, 0.05) is 18.5 Å². The molecule has 1 aromatic rings. The topological polar surface area (TPSA) is 61.0 Å². The molecule has 0 radical (unpaired) electrons. The Hall–Kier alpha value is -0.943. The van der Waals surface area contributed by atoms with Gasteiger partial charge in [0.05, 0.1) is 0 Å². The van der Waals surface area contributed by atoms with Crippen LogP contribution in [-0.2, 0) is 4.43 Å². The Balaban J connectivity index is 1.98. The van der Waals surface area contributed by atoms with Crippen LogP contribution in [0.15, 0.2) is 12.4 Å². The molecule has 1 fully saturated rings. The molecule has 0 spiro atoms. The highest BCUT2D eigenvalue weighted by Gasteiger charge is 2.40. The summed E-state index contributed by atoms with van der Waals surface area (Å²) in [5, 5.41) is 0.273. The fourth-order valence-electron chi connectivity index (χ4n) is 2.50. The van der Waals surface area contributed by atoms with Gasteiger partial charge < -0.3 is 10.2 Å². The summed E-state index contributed by atoms with van der Waals surface area (Å²) in [5.74, 6) is 0.867. The van der Waals surface area contributed by atoms with E-state index in [2.05, 4.69) is 43.8 Å². The van der Waals surface area contributed by atoms with Crippen LogP contribution in [0.4, 0.5) is 5.95 Å². The summed E-state index contributed by atoms with van der Waals surface area (Å²) in [6, 6.07) is 0. The first-order chi connectivity index (χ1) is 9.19. The van der Waals surface area contributed by atoms with Crippen molar-refractivity contribution in [3.05, 3.63) is 18.0 Å². The Morgan fingerprint density at radius 3 is 2.35 bits per heavy atom. The van der Waals surface area contributed by atoms with E-state index in [1.165, 1.54) is 5.56 Å². The lowest BCUT2D eigenvalue weighted by molar-refractivity contribution is 0.186. The number of nitrogens with two attached hydrogens (primary N) is 1. The Bertz CT molecular complexity index is 453. The molecule has 1 aliphatic carbocycles. The lowest BCUT2D eigenvalue weighted by Crippen LogP contribution is -2.43. The van der Waals surface area contributed by atoms with Gasteiger partial charge >= 0.3 is 0 Å². The molecule has 20 heavy (non-hydrogen) atoms. The van der Waals surface area contributed by atoms with Gasteiger partial charge in [-0.25, -0.2) is 9.97 Å². The smallest absolute Gasteiger partial charge is 0.219 e. The Kier molecular flexibility index (Phi) is 4.21. The maximum absolute atomic E-state index is 6.51. The first kappa shape index (κ1) is 15.4. The van der Waals surface area contributed by atoms with Crippen molar-refractivity contribution in [2.45, 2.75) is 70.2 Å².